The molecule has 1 atom stereocenters. The second-order valence-electron chi connectivity index (χ2n) is 5.88. The van der Waals surface area contributed by atoms with Gasteiger partial charge in [0.15, 0.2) is 0 Å². The van der Waals surface area contributed by atoms with Gasteiger partial charge in [-0.1, -0.05) is 0 Å². The third kappa shape index (κ3) is 4.08. The summed E-state index contributed by atoms with van der Waals surface area (Å²) in [5.74, 6) is -0.970. The van der Waals surface area contributed by atoms with Crippen LogP contribution in [-0.2, 0) is 4.79 Å². The molecule has 0 bridgehead atoms. The van der Waals surface area contributed by atoms with Gasteiger partial charge in [0, 0.05) is 44.6 Å². The number of carbonyl (C=O) groups excluding carboxylic acids is 1. The van der Waals surface area contributed by atoms with Gasteiger partial charge in [0.25, 0.3) is 0 Å². The lowest BCUT2D eigenvalue weighted by molar-refractivity contribution is -0.120. The van der Waals surface area contributed by atoms with Crippen LogP contribution in [0.2, 0.25) is 0 Å². The minimum Gasteiger partial charge on any atom is -0.353 e. The Morgan fingerprint density at radius 1 is 1.20 bits per heavy atom. The number of halogens is 2. The van der Waals surface area contributed by atoms with Crippen molar-refractivity contribution in [1.82, 2.24) is 14.9 Å². The van der Waals surface area contributed by atoms with E-state index in [4.69, 9.17) is 0 Å². The number of hydrogen-bond acceptors (Lipinski definition) is 5. The summed E-state index contributed by atoms with van der Waals surface area (Å²) in [5.41, 5.74) is -0.0172. The molecular weight excluding hydrogens is 328 g/mol. The van der Waals surface area contributed by atoms with Crippen LogP contribution in [0.5, 0.6) is 0 Å². The first-order chi connectivity index (χ1) is 12.0. The largest absolute Gasteiger partial charge is 0.353 e. The molecule has 3 rings (SSSR count). The van der Waals surface area contributed by atoms with Crippen molar-refractivity contribution in [3.63, 3.8) is 0 Å². The molecule has 1 N–H and O–H groups in total. The molecule has 1 aromatic heterocycles. The van der Waals surface area contributed by atoms with E-state index in [0.717, 1.165) is 31.0 Å². The molecule has 0 radical (unpaired) electrons. The number of carbonyl (C=O) groups is 1. The minimum atomic E-state index is -0.784. The minimum absolute atomic E-state index is 0.0172. The van der Waals surface area contributed by atoms with Gasteiger partial charge < -0.3 is 10.2 Å². The van der Waals surface area contributed by atoms with E-state index in [9.17, 15) is 13.6 Å². The molecule has 2 heterocycles. The first kappa shape index (κ1) is 17.2. The Morgan fingerprint density at radius 3 is 2.60 bits per heavy atom. The Hall–Kier alpha value is -2.61. The van der Waals surface area contributed by atoms with Crippen LogP contribution in [-0.4, -0.2) is 53.0 Å². The standard InChI is InChI=1S/C17H19F2N5O/c1-12(17(25)22-15-3-2-13(18)10-14(15)19)23-6-8-24(9-7-23)16-11-20-4-5-21-16/h2-5,10-12H,6-9H2,1H3,(H,22,25). The first-order valence-electron chi connectivity index (χ1n) is 8.05. The topological polar surface area (TPSA) is 61.4 Å². The summed E-state index contributed by atoms with van der Waals surface area (Å²) in [4.78, 5) is 24.8. The van der Waals surface area contributed by atoms with Gasteiger partial charge in [0.2, 0.25) is 5.91 Å². The molecule has 1 aromatic carbocycles. The molecule has 25 heavy (non-hydrogen) atoms. The molecule has 6 nitrogen and oxygen atoms in total. The zero-order valence-electron chi connectivity index (χ0n) is 13.8. The maximum Gasteiger partial charge on any atom is 0.241 e. The summed E-state index contributed by atoms with van der Waals surface area (Å²) in [6.45, 7) is 4.57. The molecule has 1 aliphatic rings. The summed E-state index contributed by atoms with van der Waals surface area (Å²) >= 11 is 0. The van der Waals surface area contributed by atoms with Crippen LogP contribution in [0, 0.1) is 11.6 Å². The molecule has 132 valence electrons. The number of nitrogens with one attached hydrogen (secondary N) is 1. The second-order valence-corrected chi connectivity index (χ2v) is 5.88. The fourth-order valence-corrected chi connectivity index (χ4v) is 2.79. The Balaban J connectivity index is 1.56. The molecule has 1 unspecified atom stereocenters. The normalized spacial score (nSPS) is 16.5. The number of benzene rings is 1. The van der Waals surface area contributed by atoms with Gasteiger partial charge in [-0.05, 0) is 19.1 Å². The van der Waals surface area contributed by atoms with Crippen molar-refractivity contribution in [1.29, 1.82) is 0 Å². The molecule has 1 fully saturated rings. The average molecular weight is 347 g/mol. The SMILES string of the molecule is CC(C(=O)Nc1ccc(F)cc1F)N1CCN(c2cnccn2)CC1. The highest BCUT2D eigenvalue weighted by atomic mass is 19.1. The van der Waals surface area contributed by atoms with Crippen molar-refractivity contribution in [2.45, 2.75) is 13.0 Å². The number of rotatable bonds is 4. The van der Waals surface area contributed by atoms with E-state index in [-0.39, 0.29) is 11.6 Å². The van der Waals surface area contributed by atoms with Gasteiger partial charge in [0.05, 0.1) is 17.9 Å². The van der Waals surface area contributed by atoms with E-state index in [0.29, 0.717) is 13.1 Å². The van der Waals surface area contributed by atoms with Crippen molar-refractivity contribution in [3.05, 3.63) is 48.4 Å². The zero-order chi connectivity index (χ0) is 17.8. The third-order valence-corrected chi connectivity index (χ3v) is 4.30. The van der Waals surface area contributed by atoms with Crippen molar-refractivity contribution >= 4 is 17.4 Å². The fourth-order valence-electron chi connectivity index (χ4n) is 2.79. The summed E-state index contributed by atoms with van der Waals surface area (Å²) < 4.78 is 26.6. The molecule has 8 heteroatoms. The second kappa shape index (κ2) is 7.52. The van der Waals surface area contributed by atoms with Gasteiger partial charge in [-0.25, -0.2) is 13.8 Å². The van der Waals surface area contributed by atoms with Gasteiger partial charge in [-0.2, -0.15) is 0 Å². The highest BCUT2D eigenvalue weighted by molar-refractivity contribution is 5.94. The van der Waals surface area contributed by atoms with Crippen molar-refractivity contribution in [2.75, 3.05) is 36.4 Å². The summed E-state index contributed by atoms with van der Waals surface area (Å²) in [7, 11) is 0. The third-order valence-electron chi connectivity index (χ3n) is 4.30. The van der Waals surface area contributed by atoms with Gasteiger partial charge in [0.1, 0.15) is 17.5 Å². The van der Waals surface area contributed by atoms with Crippen LogP contribution in [0.1, 0.15) is 6.92 Å². The number of piperazine rings is 1. The van der Waals surface area contributed by atoms with E-state index in [1.54, 1.807) is 25.5 Å². The maximum atomic E-state index is 13.7. The highest BCUT2D eigenvalue weighted by Gasteiger charge is 2.26. The zero-order valence-corrected chi connectivity index (χ0v) is 13.8. The predicted molar refractivity (Wildman–Crippen MR) is 90.3 cm³/mol. The van der Waals surface area contributed by atoms with Crippen LogP contribution in [0.3, 0.4) is 0 Å². The molecular formula is C17H19F2N5O. The number of amides is 1. The van der Waals surface area contributed by atoms with E-state index < -0.39 is 17.7 Å². The fraction of sp³-hybridized carbons (Fsp3) is 0.353. The molecule has 0 saturated carbocycles. The molecule has 1 saturated heterocycles. The molecule has 1 amide bonds. The predicted octanol–water partition coefficient (Wildman–Crippen LogP) is 1.90. The Labute approximate surface area is 144 Å². The van der Waals surface area contributed by atoms with Gasteiger partial charge in [-0.15, -0.1) is 0 Å². The number of aromatic nitrogens is 2. The summed E-state index contributed by atoms with van der Waals surface area (Å²) in [6, 6.07) is 2.66. The van der Waals surface area contributed by atoms with Crippen LogP contribution in [0.25, 0.3) is 0 Å². The smallest absolute Gasteiger partial charge is 0.241 e. The van der Waals surface area contributed by atoms with Crippen LogP contribution in [0.4, 0.5) is 20.3 Å². The van der Waals surface area contributed by atoms with Crippen molar-refractivity contribution in [2.24, 2.45) is 0 Å². The molecule has 0 aliphatic carbocycles. The summed E-state index contributed by atoms with van der Waals surface area (Å²) in [6.07, 6.45) is 4.98. The average Bonchev–Trinajstić information content (AvgIpc) is 2.64. The lowest BCUT2D eigenvalue weighted by Gasteiger charge is -2.37. The van der Waals surface area contributed by atoms with E-state index >= 15 is 0 Å². The monoisotopic (exact) mass is 347 g/mol. The Bertz CT molecular complexity index is 735. The van der Waals surface area contributed by atoms with Crippen LogP contribution in [0.15, 0.2) is 36.8 Å². The van der Waals surface area contributed by atoms with Gasteiger partial charge >= 0.3 is 0 Å². The van der Waals surface area contributed by atoms with E-state index in [1.165, 1.54) is 6.07 Å². The van der Waals surface area contributed by atoms with Gasteiger partial charge in [-0.3, -0.25) is 14.7 Å². The van der Waals surface area contributed by atoms with Crippen molar-refractivity contribution in [3.8, 4) is 0 Å². The number of nitrogens with zero attached hydrogens (tertiary/aromatic N) is 4. The molecule has 2 aromatic rings. The van der Waals surface area contributed by atoms with Crippen molar-refractivity contribution < 1.29 is 13.6 Å². The molecule has 0 spiro atoms. The molecule has 1 aliphatic heterocycles. The Kier molecular flexibility index (Phi) is 5.18. The van der Waals surface area contributed by atoms with Crippen LogP contribution >= 0.6 is 0 Å². The first-order valence-corrected chi connectivity index (χ1v) is 8.05. The van der Waals surface area contributed by atoms with Crippen LogP contribution < -0.4 is 10.2 Å². The number of hydrogen-bond donors (Lipinski definition) is 1. The summed E-state index contributed by atoms with van der Waals surface area (Å²) in [5, 5.41) is 2.52. The lowest BCUT2D eigenvalue weighted by atomic mass is 10.2. The quantitative estimate of drug-likeness (QED) is 0.915. The number of anilines is 2. The van der Waals surface area contributed by atoms with E-state index in [1.807, 2.05) is 4.90 Å². The lowest BCUT2D eigenvalue weighted by Crippen LogP contribution is -2.53. The Morgan fingerprint density at radius 2 is 1.96 bits per heavy atom. The van der Waals surface area contributed by atoms with E-state index in [2.05, 4.69) is 20.2 Å². The maximum absolute atomic E-state index is 13.7. The highest BCUT2D eigenvalue weighted by Crippen LogP contribution is 2.17.